The summed E-state index contributed by atoms with van der Waals surface area (Å²) in [4.78, 5) is 29.3. The van der Waals surface area contributed by atoms with Gasteiger partial charge >= 0.3 is 0 Å². The largest absolute Gasteiger partial charge is 0.476 e. The van der Waals surface area contributed by atoms with Crippen molar-refractivity contribution in [1.29, 1.82) is 0 Å². The highest BCUT2D eigenvalue weighted by Crippen LogP contribution is 2.34. The smallest absolute Gasteiger partial charge is 0.265 e. The number of carbonyl (C=O) groups excluding carboxylic acids is 2. The second-order valence-electron chi connectivity index (χ2n) is 7.29. The molecule has 2 heterocycles. The number of nitrogens with zero attached hydrogens (tertiary/aromatic N) is 2. The summed E-state index contributed by atoms with van der Waals surface area (Å²) < 4.78 is 19.0. The molecule has 0 N–H and O–H groups in total. The van der Waals surface area contributed by atoms with Crippen molar-refractivity contribution in [3.05, 3.63) is 66.0 Å². The van der Waals surface area contributed by atoms with Gasteiger partial charge in [-0.15, -0.1) is 0 Å². The lowest BCUT2D eigenvalue weighted by atomic mass is 10.1. The Kier molecular flexibility index (Phi) is 5.60. The Balaban J connectivity index is 1.55. The molecule has 2 aliphatic heterocycles. The number of hydrogen-bond donors (Lipinski definition) is 0. The van der Waals surface area contributed by atoms with Crippen LogP contribution in [-0.4, -0.2) is 42.5 Å². The van der Waals surface area contributed by atoms with Gasteiger partial charge in [-0.05, 0) is 55.2 Å². The summed E-state index contributed by atoms with van der Waals surface area (Å²) >= 11 is 0. The van der Waals surface area contributed by atoms with E-state index in [1.165, 1.54) is 18.2 Å². The van der Waals surface area contributed by atoms with Gasteiger partial charge in [-0.1, -0.05) is 24.3 Å². The number of benzene rings is 2. The number of ether oxygens (including phenoxy) is 1. The third kappa shape index (κ3) is 4.31. The monoisotopic (exact) mass is 394 g/mol. The predicted octanol–water partition coefficient (Wildman–Crippen LogP) is 3.65. The molecule has 29 heavy (non-hydrogen) atoms. The molecule has 2 aromatic rings. The average molecular weight is 394 g/mol. The summed E-state index contributed by atoms with van der Waals surface area (Å²) in [6.45, 7) is 1.64. The van der Waals surface area contributed by atoms with Crippen LogP contribution in [0.2, 0.25) is 0 Å². The van der Waals surface area contributed by atoms with E-state index in [0.717, 1.165) is 37.9 Å². The Morgan fingerprint density at radius 1 is 1.00 bits per heavy atom. The number of rotatable bonds is 3. The lowest BCUT2D eigenvalue weighted by Crippen LogP contribution is -2.52. The molecule has 2 amide bonds. The van der Waals surface area contributed by atoms with E-state index in [4.69, 9.17) is 4.74 Å². The summed E-state index contributed by atoms with van der Waals surface area (Å²) in [5, 5.41) is 0. The summed E-state index contributed by atoms with van der Waals surface area (Å²) in [5.74, 6) is -0.117. The highest BCUT2D eigenvalue weighted by atomic mass is 19.1. The first-order valence-corrected chi connectivity index (χ1v) is 9.91. The van der Waals surface area contributed by atoms with Crippen LogP contribution in [0, 0.1) is 5.82 Å². The molecule has 0 spiro atoms. The summed E-state index contributed by atoms with van der Waals surface area (Å²) in [7, 11) is 0. The van der Waals surface area contributed by atoms with Crippen LogP contribution in [-0.2, 0) is 9.59 Å². The molecule has 0 unspecified atom stereocenters. The Labute approximate surface area is 169 Å². The topological polar surface area (TPSA) is 49.9 Å². The van der Waals surface area contributed by atoms with E-state index in [-0.39, 0.29) is 24.2 Å². The molecule has 2 aromatic carbocycles. The fourth-order valence-electron chi connectivity index (χ4n) is 3.72. The maximum absolute atomic E-state index is 13.1. The molecule has 0 aliphatic carbocycles. The van der Waals surface area contributed by atoms with Crippen LogP contribution in [0.15, 0.2) is 54.6 Å². The van der Waals surface area contributed by atoms with Gasteiger partial charge in [-0.25, -0.2) is 4.39 Å². The zero-order valence-corrected chi connectivity index (χ0v) is 16.1. The van der Waals surface area contributed by atoms with E-state index in [1.807, 2.05) is 17.0 Å². The maximum Gasteiger partial charge on any atom is 0.265 e. The minimum absolute atomic E-state index is 0.0699. The van der Waals surface area contributed by atoms with Crippen LogP contribution < -0.4 is 9.64 Å². The summed E-state index contributed by atoms with van der Waals surface area (Å²) in [6, 6.07) is 13.1. The molecule has 6 heteroatoms. The van der Waals surface area contributed by atoms with Gasteiger partial charge in [0.1, 0.15) is 11.6 Å². The molecule has 0 saturated carbocycles. The summed E-state index contributed by atoms with van der Waals surface area (Å²) in [5.41, 5.74) is 1.37. The molecular weight excluding hydrogens is 371 g/mol. The zero-order chi connectivity index (χ0) is 20.2. The predicted molar refractivity (Wildman–Crippen MR) is 109 cm³/mol. The van der Waals surface area contributed by atoms with Crippen LogP contribution in [0.25, 0.3) is 6.08 Å². The normalized spacial score (nSPS) is 19.0. The number of carbonyl (C=O) groups is 2. The van der Waals surface area contributed by atoms with Crippen molar-refractivity contribution in [2.75, 3.05) is 24.5 Å². The fourth-order valence-corrected chi connectivity index (χ4v) is 3.72. The minimum atomic E-state index is -0.717. The molecular formula is C23H23FN2O3. The van der Waals surface area contributed by atoms with Gasteiger partial charge in [-0.3, -0.25) is 9.59 Å². The van der Waals surface area contributed by atoms with E-state index in [0.29, 0.717) is 11.4 Å². The van der Waals surface area contributed by atoms with Gasteiger partial charge in [0, 0.05) is 19.2 Å². The van der Waals surface area contributed by atoms with Gasteiger partial charge in [0.05, 0.1) is 12.2 Å². The highest BCUT2D eigenvalue weighted by molar-refractivity contribution is 6.05. The number of halogens is 1. The first-order valence-electron chi connectivity index (χ1n) is 9.91. The van der Waals surface area contributed by atoms with Crippen molar-refractivity contribution in [2.24, 2.45) is 0 Å². The first-order chi connectivity index (χ1) is 14.1. The van der Waals surface area contributed by atoms with Crippen molar-refractivity contribution in [3.8, 4) is 5.75 Å². The molecule has 0 bridgehead atoms. The van der Waals surface area contributed by atoms with Gasteiger partial charge in [0.25, 0.3) is 11.8 Å². The third-order valence-electron chi connectivity index (χ3n) is 5.27. The Bertz CT molecular complexity index is 920. The lowest BCUT2D eigenvalue weighted by molar-refractivity contribution is -0.139. The molecule has 150 valence electrons. The van der Waals surface area contributed by atoms with Gasteiger partial charge in [0.15, 0.2) is 6.10 Å². The quantitative estimate of drug-likeness (QED) is 0.747. The number of anilines is 1. The average Bonchev–Trinajstić information content (AvgIpc) is 2.78. The zero-order valence-electron chi connectivity index (χ0n) is 16.1. The Hall–Kier alpha value is -3.15. The van der Waals surface area contributed by atoms with E-state index >= 15 is 0 Å². The number of para-hydroxylation sites is 2. The lowest BCUT2D eigenvalue weighted by Gasteiger charge is -2.37. The minimum Gasteiger partial charge on any atom is -0.476 e. The number of likely N-dealkylation sites (tertiary alicyclic amines) is 1. The number of amides is 2. The molecule has 1 atom stereocenters. The molecule has 0 aromatic heterocycles. The van der Waals surface area contributed by atoms with Crippen molar-refractivity contribution >= 4 is 23.6 Å². The van der Waals surface area contributed by atoms with Crippen LogP contribution in [0.1, 0.15) is 24.8 Å². The molecule has 4 rings (SSSR count). The second-order valence-corrected chi connectivity index (χ2v) is 7.29. The van der Waals surface area contributed by atoms with Crippen LogP contribution in [0.4, 0.5) is 10.1 Å². The van der Waals surface area contributed by atoms with Crippen molar-refractivity contribution in [2.45, 2.75) is 25.4 Å². The molecule has 1 fully saturated rings. The van der Waals surface area contributed by atoms with Gasteiger partial charge < -0.3 is 14.5 Å². The van der Waals surface area contributed by atoms with E-state index < -0.39 is 6.10 Å². The SMILES string of the molecule is O=C([C@H]1CN(C(=O)/C=C/c2ccc(F)cc2)c2ccccc2O1)N1CCCCC1. The van der Waals surface area contributed by atoms with Crippen LogP contribution in [0.5, 0.6) is 5.75 Å². The Morgan fingerprint density at radius 2 is 1.72 bits per heavy atom. The van der Waals surface area contributed by atoms with E-state index in [2.05, 4.69) is 0 Å². The maximum atomic E-state index is 13.1. The van der Waals surface area contributed by atoms with Gasteiger partial charge in [-0.2, -0.15) is 0 Å². The van der Waals surface area contributed by atoms with E-state index in [1.54, 1.807) is 35.2 Å². The summed E-state index contributed by atoms with van der Waals surface area (Å²) in [6.07, 6.45) is 5.50. The van der Waals surface area contributed by atoms with Crippen molar-refractivity contribution in [1.82, 2.24) is 4.90 Å². The van der Waals surface area contributed by atoms with Crippen LogP contribution in [0.3, 0.4) is 0 Å². The molecule has 5 nitrogen and oxygen atoms in total. The fraction of sp³-hybridized carbons (Fsp3) is 0.304. The second kappa shape index (κ2) is 8.47. The molecule has 2 aliphatic rings. The molecule has 1 saturated heterocycles. The van der Waals surface area contributed by atoms with Crippen molar-refractivity contribution < 1.29 is 18.7 Å². The van der Waals surface area contributed by atoms with E-state index in [9.17, 15) is 14.0 Å². The third-order valence-corrected chi connectivity index (χ3v) is 5.27. The molecule has 0 radical (unpaired) electrons. The Morgan fingerprint density at radius 3 is 2.48 bits per heavy atom. The standard InChI is InChI=1S/C23H23FN2O3/c24-18-11-8-17(9-12-18)10-13-22(27)26-16-21(23(28)25-14-4-1-5-15-25)29-20-7-3-2-6-19(20)26/h2-3,6-13,21H,1,4-5,14-16H2/b13-10+/t21-/m1/s1. The van der Waals surface area contributed by atoms with Crippen molar-refractivity contribution in [3.63, 3.8) is 0 Å². The highest BCUT2D eigenvalue weighted by Gasteiger charge is 2.35. The first kappa shape index (κ1) is 19.2. The number of hydrogen-bond acceptors (Lipinski definition) is 3. The van der Waals surface area contributed by atoms with Gasteiger partial charge in [0.2, 0.25) is 0 Å². The van der Waals surface area contributed by atoms with Crippen LogP contribution >= 0.6 is 0 Å². The number of piperidine rings is 1. The number of fused-ring (bicyclic) bond motifs is 1.